The monoisotopic (exact) mass is 375 g/mol. The van der Waals surface area contributed by atoms with Crippen LogP contribution in [0, 0.1) is 0 Å². The van der Waals surface area contributed by atoms with Crippen LogP contribution in [-0.2, 0) is 6.61 Å². The van der Waals surface area contributed by atoms with Gasteiger partial charge >= 0.3 is 5.97 Å². The molecule has 0 aliphatic rings. The molecule has 0 aliphatic carbocycles. The zero-order chi connectivity index (χ0) is 17.8. The zero-order valence-corrected chi connectivity index (χ0v) is 14.8. The summed E-state index contributed by atoms with van der Waals surface area (Å²) in [5.41, 5.74) is 1.77. The van der Waals surface area contributed by atoms with Crippen molar-refractivity contribution < 1.29 is 19.4 Å². The largest absolute Gasteiger partial charge is 0.493 e. The second kappa shape index (κ2) is 7.55. The summed E-state index contributed by atoms with van der Waals surface area (Å²) in [7, 11) is 1.57. The molecule has 0 saturated carbocycles. The third-order valence-electron chi connectivity index (χ3n) is 3.44. The minimum Gasteiger partial charge on any atom is -0.493 e. The fourth-order valence-electron chi connectivity index (χ4n) is 2.17. The summed E-state index contributed by atoms with van der Waals surface area (Å²) >= 11 is 7.15. The molecule has 25 heavy (non-hydrogen) atoms. The normalized spacial score (nSPS) is 10.5. The van der Waals surface area contributed by atoms with Gasteiger partial charge in [-0.1, -0.05) is 23.7 Å². The Bertz CT molecular complexity index is 892. The molecule has 0 unspecified atom stereocenters. The lowest BCUT2D eigenvalue weighted by atomic mass is 10.2. The first-order chi connectivity index (χ1) is 12.1. The van der Waals surface area contributed by atoms with Crippen LogP contribution in [0.4, 0.5) is 0 Å². The van der Waals surface area contributed by atoms with Crippen molar-refractivity contribution >= 4 is 28.9 Å². The van der Waals surface area contributed by atoms with E-state index in [1.165, 1.54) is 16.7 Å². The van der Waals surface area contributed by atoms with Crippen LogP contribution in [-0.4, -0.2) is 23.2 Å². The molecule has 3 aromatic rings. The van der Waals surface area contributed by atoms with Crippen LogP contribution in [0.3, 0.4) is 0 Å². The summed E-state index contributed by atoms with van der Waals surface area (Å²) in [4.78, 5) is 15.1. The highest BCUT2D eigenvalue weighted by Gasteiger charge is 2.13. The number of carboxylic acids is 1. The summed E-state index contributed by atoms with van der Waals surface area (Å²) in [6, 6.07) is 12.8. The SMILES string of the molecule is COc1ccc(-c2nc(C(=O)O)cs2)cc1OCc1ccc(Cl)cc1. The number of carboxylic acid groups (broad SMARTS) is 1. The number of ether oxygens (including phenoxy) is 2. The molecule has 1 aromatic heterocycles. The maximum absolute atomic E-state index is 11.0. The lowest BCUT2D eigenvalue weighted by molar-refractivity contribution is 0.0691. The van der Waals surface area contributed by atoms with Gasteiger partial charge in [0.1, 0.15) is 11.6 Å². The molecule has 0 spiro atoms. The van der Waals surface area contributed by atoms with Gasteiger partial charge < -0.3 is 14.6 Å². The summed E-state index contributed by atoms with van der Waals surface area (Å²) in [6.45, 7) is 0.356. The Balaban J connectivity index is 1.84. The van der Waals surface area contributed by atoms with Crippen LogP contribution in [0.15, 0.2) is 47.8 Å². The van der Waals surface area contributed by atoms with E-state index in [-0.39, 0.29) is 5.69 Å². The molecule has 2 aromatic carbocycles. The molecule has 128 valence electrons. The Kier molecular flexibility index (Phi) is 5.21. The number of carbonyl (C=O) groups is 1. The molecular formula is C18H14ClNO4S. The van der Waals surface area contributed by atoms with Crippen molar-refractivity contribution in [3.05, 3.63) is 64.1 Å². The number of benzene rings is 2. The van der Waals surface area contributed by atoms with Crippen LogP contribution in [0.2, 0.25) is 5.02 Å². The maximum Gasteiger partial charge on any atom is 0.355 e. The van der Waals surface area contributed by atoms with Gasteiger partial charge in [-0.15, -0.1) is 11.3 Å². The topological polar surface area (TPSA) is 68.7 Å². The predicted octanol–water partition coefficient (Wildman–Crippen LogP) is 4.75. The van der Waals surface area contributed by atoms with Crippen molar-refractivity contribution in [3.8, 4) is 22.1 Å². The fraction of sp³-hybridized carbons (Fsp3) is 0.111. The quantitative estimate of drug-likeness (QED) is 0.673. The van der Waals surface area contributed by atoms with E-state index in [9.17, 15) is 4.79 Å². The molecule has 1 N–H and O–H groups in total. The highest BCUT2D eigenvalue weighted by atomic mass is 35.5. The lowest BCUT2D eigenvalue weighted by Crippen LogP contribution is -1.98. The number of thiazole rings is 1. The highest BCUT2D eigenvalue weighted by Crippen LogP contribution is 2.34. The molecule has 0 fully saturated rings. The van der Waals surface area contributed by atoms with Gasteiger partial charge in [0.15, 0.2) is 17.2 Å². The van der Waals surface area contributed by atoms with Crippen molar-refractivity contribution in [2.45, 2.75) is 6.61 Å². The van der Waals surface area contributed by atoms with Gasteiger partial charge in [0.2, 0.25) is 0 Å². The van der Waals surface area contributed by atoms with Crippen molar-refractivity contribution in [2.24, 2.45) is 0 Å². The van der Waals surface area contributed by atoms with Gasteiger partial charge in [0.05, 0.1) is 7.11 Å². The van der Waals surface area contributed by atoms with E-state index >= 15 is 0 Å². The summed E-state index contributed by atoms with van der Waals surface area (Å²) in [5, 5.41) is 11.8. The van der Waals surface area contributed by atoms with Crippen LogP contribution in [0.1, 0.15) is 16.1 Å². The van der Waals surface area contributed by atoms with Crippen LogP contribution < -0.4 is 9.47 Å². The Morgan fingerprint density at radius 3 is 2.60 bits per heavy atom. The van der Waals surface area contributed by atoms with Gasteiger partial charge in [0, 0.05) is 16.0 Å². The van der Waals surface area contributed by atoms with Gasteiger partial charge in [-0.25, -0.2) is 9.78 Å². The first-order valence-electron chi connectivity index (χ1n) is 7.31. The first kappa shape index (κ1) is 17.3. The predicted molar refractivity (Wildman–Crippen MR) is 96.8 cm³/mol. The van der Waals surface area contributed by atoms with Crippen molar-refractivity contribution in [3.63, 3.8) is 0 Å². The van der Waals surface area contributed by atoms with Crippen molar-refractivity contribution in [2.75, 3.05) is 7.11 Å². The second-order valence-electron chi connectivity index (χ2n) is 5.12. The van der Waals surface area contributed by atoms with Gasteiger partial charge in [-0.05, 0) is 35.9 Å². The molecule has 0 bridgehead atoms. The number of aromatic nitrogens is 1. The second-order valence-corrected chi connectivity index (χ2v) is 6.42. The average Bonchev–Trinajstić information content (AvgIpc) is 3.11. The number of methoxy groups -OCH3 is 1. The number of nitrogens with zero attached hydrogens (tertiary/aromatic N) is 1. The summed E-state index contributed by atoms with van der Waals surface area (Å²) in [6.07, 6.45) is 0. The lowest BCUT2D eigenvalue weighted by Gasteiger charge is -2.12. The van der Waals surface area contributed by atoms with Crippen LogP contribution >= 0.6 is 22.9 Å². The zero-order valence-electron chi connectivity index (χ0n) is 13.2. The van der Waals surface area contributed by atoms with Crippen LogP contribution in [0.5, 0.6) is 11.5 Å². The number of halogens is 1. The third kappa shape index (κ3) is 4.10. The molecule has 3 rings (SSSR count). The van der Waals surface area contributed by atoms with E-state index in [1.54, 1.807) is 31.4 Å². The Labute approximate surface area is 153 Å². The summed E-state index contributed by atoms with van der Waals surface area (Å²) in [5.74, 6) is 0.102. The Morgan fingerprint density at radius 1 is 1.20 bits per heavy atom. The Morgan fingerprint density at radius 2 is 1.96 bits per heavy atom. The van der Waals surface area contributed by atoms with Crippen molar-refractivity contribution in [1.29, 1.82) is 0 Å². The average molecular weight is 376 g/mol. The molecule has 1 heterocycles. The third-order valence-corrected chi connectivity index (χ3v) is 4.58. The van der Waals surface area contributed by atoms with Gasteiger partial charge in [-0.3, -0.25) is 0 Å². The van der Waals surface area contributed by atoms with E-state index in [0.717, 1.165) is 11.1 Å². The van der Waals surface area contributed by atoms with Gasteiger partial charge in [-0.2, -0.15) is 0 Å². The molecule has 0 atom stereocenters. The van der Waals surface area contributed by atoms with Gasteiger partial charge in [0.25, 0.3) is 0 Å². The number of rotatable bonds is 6. The number of hydrogen-bond donors (Lipinski definition) is 1. The van der Waals surface area contributed by atoms with E-state index in [4.69, 9.17) is 26.2 Å². The maximum atomic E-state index is 11.0. The molecule has 7 heteroatoms. The van der Waals surface area contributed by atoms with E-state index in [2.05, 4.69) is 4.98 Å². The molecule has 5 nitrogen and oxygen atoms in total. The van der Waals surface area contributed by atoms with Crippen LogP contribution in [0.25, 0.3) is 10.6 Å². The minimum absolute atomic E-state index is 0.0273. The standard InChI is InChI=1S/C18H14ClNO4S/c1-23-15-7-4-12(17-20-14(10-25-17)18(21)22)8-16(15)24-9-11-2-5-13(19)6-3-11/h2-8,10H,9H2,1H3,(H,21,22). The molecule has 0 radical (unpaired) electrons. The molecule has 0 aliphatic heterocycles. The number of hydrogen-bond acceptors (Lipinski definition) is 5. The van der Waals surface area contributed by atoms with E-state index in [0.29, 0.717) is 28.1 Å². The summed E-state index contributed by atoms with van der Waals surface area (Å²) < 4.78 is 11.2. The highest BCUT2D eigenvalue weighted by molar-refractivity contribution is 7.13. The molecule has 0 amide bonds. The fourth-order valence-corrected chi connectivity index (χ4v) is 3.09. The van der Waals surface area contributed by atoms with Crippen molar-refractivity contribution in [1.82, 2.24) is 4.98 Å². The Hall–Kier alpha value is -2.57. The molecule has 0 saturated heterocycles. The number of aromatic carboxylic acids is 1. The smallest absolute Gasteiger partial charge is 0.355 e. The molecular weight excluding hydrogens is 362 g/mol. The first-order valence-corrected chi connectivity index (χ1v) is 8.57. The van der Waals surface area contributed by atoms with E-state index < -0.39 is 5.97 Å². The van der Waals surface area contributed by atoms with E-state index in [1.807, 2.05) is 18.2 Å². The minimum atomic E-state index is -1.05.